The van der Waals surface area contributed by atoms with Gasteiger partial charge in [-0.3, -0.25) is 28.8 Å². The summed E-state index contributed by atoms with van der Waals surface area (Å²) in [6.07, 6.45) is 2.03. The second kappa shape index (κ2) is 17.7. The Balaban J connectivity index is 1.67. The molecule has 0 atom stereocenters. The third-order valence-electron chi connectivity index (χ3n) is 9.19. The van der Waals surface area contributed by atoms with Gasteiger partial charge in [-0.05, 0) is 77.2 Å². The van der Waals surface area contributed by atoms with E-state index in [0.29, 0.717) is 5.56 Å². The number of anilines is 2. The number of halogens is 2. The molecular formula is C40H36F2N2O14. The van der Waals surface area contributed by atoms with Crippen molar-refractivity contribution < 1.29 is 76.6 Å². The number of aryl methyl sites for hydroxylation is 1. The lowest BCUT2D eigenvalue weighted by molar-refractivity contribution is -0.137. The first-order valence-corrected chi connectivity index (χ1v) is 17.2. The first-order valence-electron chi connectivity index (χ1n) is 17.2. The van der Waals surface area contributed by atoms with Crippen molar-refractivity contribution in [3.05, 3.63) is 99.7 Å². The Kier molecular flexibility index (Phi) is 12.8. The van der Waals surface area contributed by atoms with Crippen LogP contribution in [0.5, 0.6) is 23.0 Å². The predicted molar refractivity (Wildman–Crippen MR) is 199 cm³/mol. The highest BCUT2D eigenvalue weighted by atomic mass is 19.1. The van der Waals surface area contributed by atoms with Gasteiger partial charge in [0.15, 0.2) is 30.9 Å². The van der Waals surface area contributed by atoms with Gasteiger partial charge < -0.3 is 48.8 Å². The van der Waals surface area contributed by atoms with E-state index >= 15 is 8.78 Å². The zero-order valence-electron chi connectivity index (χ0n) is 31.2. The number of carbonyl (C=O) groups excluding carboxylic acids is 4. The molecular weight excluding hydrogens is 770 g/mol. The molecule has 0 fully saturated rings. The molecule has 0 aromatic heterocycles. The third kappa shape index (κ3) is 8.90. The van der Waals surface area contributed by atoms with Crippen molar-refractivity contribution in [2.45, 2.75) is 26.2 Å². The fourth-order valence-electron chi connectivity index (χ4n) is 6.67. The topological polar surface area (TPSA) is 216 Å². The molecule has 0 amide bonds. The van der Waals surface area contributed by atoms with Crippen molar-refractivity contribution in [3.8, 4) is 23.0 Å². The Bertz CT molecular complexity index is 2270. The van der Waals surface area contributed by atoms with Crippen molar-refractivity contribution in [1.29, 1.82) is 0 Å². The van der Waals surface area contributed by atoms with Crippen LogP contribution in [0.3, 0.4) is 0 Å². The van der Waals surface area contributed by atoms with Gasteiger partial charge in [-0.2, -0.15) is 0 Å². The zero-order valence-corrected chi connectivity index (χ0v) is 31.2. The van der Waals surface area contributed by atoms with Gasteiger partial charge >= 0.3 is 11.9 Å². The maximum Gasteiger partial charge on any atom is 0.323 e. The molecule has 0 heterocycles. The lowest BCUT2D eigenvalue weighted by Crippen LogP contribution is -2.32. The molecule has 3 N–H and O–H groups in total. The molecule has 0 saturated carbocycles. The number of ether oxygens (including phenoxy) is 5. The number of benzene rings is 3. The van der Waals surface area contributed by atoms with Gasteiger partial charge in [-0.1, -0.05) is 19.9 Å². The average Bonchev–Trinajstić information content (AvgIpc) is 3.16. The number of rotatable bonds is 20. The number of phenols is 1. The monoisotopic (exact) mass is 806 g/mol. The fourth-order valence-corrected chi connectivity index (χ4v) is 6.67. The van der Waals surface area contributed by atoms with Crippen LogP contribution in [0, 0.1) is 12.7 Å². The number of nitrogens with zero attached hydrogens (tertiary/aromatic N) is 2. The van der Waals surface area contributed by atoms with Crippen LogP contribution >= 0.6 is 0 Å². The number of allylic oxidation sites excluding steroid dienone is 5. The lowest BCUT2D eigenvalue weighted by atomic mass is 9.64. The standard InChI is InChI=1S/C40H36F2N2O14/c1-22-4-5-30(43(15-37(50)51)17-54-19-45)35(8-22)56-6-7-57-36-11-25(34(58-21-47)14-31(36)44(16-38(52)53)18-55-20-46)39-23-9-28(41)32(48)12-26(23)40(2,3)27-13-33(49)29(42)10-24(27)39/h4-5,8-14,19-21,48H,6-7,15-18H2,1-3H3,(H,50,51)(H,52,53). The minimum absolute atomic E-state index is 0.0278. The number of phenolic OH excluding ortho intramolecular Hbond substituents is 1. The Morgan fingerprint density at radius 1 is 0.776 bits per heavy atom. The second-order valence-corrected chi connectivity index (χ2v) is 13.3. The van der Waals surface area contributed by atoms with Crippen molar-refractivity contribution >= 4 is 54.1 Å². The quantitative estimate of drug-likeness (QED) is 0.0823. The number of carbonyl (C=O) groups is 6. The van der Waals surface area contributed by atoms with Crippen molar-refractivity contribution in [1.82, 2.24) is 0 Å². The highest BCUT2D eigenvalue weighted by Gasteiger charge is 2.41. The number of carboxylic acid groups (broad SMARTS) is 2. The summed E-state index contributed by atoms with van der Waals surface area (Å²) in [6, 6.07) is 9.50. The third-order valence-corrected chi connectivity index (χ3v) is 9.19. The smallest absolute Gasteiger partial charge is 0.323 e. The van der Waals surface area contributed by atoms with E-state index in [2.05, 4.69) is 0 Å². The number of aromatic hydroxyl groups is 1. The number of hydrogen-bond acceptors (Lipinski definition) is 14. The molecule has 0 spiro atoms. The summed E-state index contributed by atoms with van der Waals surface area (Å²) in [6.45, 7) is 2.49. The maximum atomic E-state index is 15.2. The zero-order chi connectivity index (χ0) is 42.3. The highest BCUT2D eigenvalue weighted by molar-refractivity contribution is 6.08. The molecule has 304 valence electrons. The summed E-state index contributed by atoms with van der Waals surface area (Å²) in [5, 5.41) is 29.6. The van der Waals surface area contributed by atoms with E-state index in [4.69, 9.17) is 23.7 Å². The molecule has 2 aliphatic rings. The van der Waals surface area contributed by atoms with Crippen molar-refractivity contribution in [3.63, 3.8) is 0 Å². The molecule has 18 heteroatoms. The molecule has 0 unspecified atom stereocenters. The van der Waals surface area contributed by atoms with E-state index in [0.717, 1.165) is 28.7 Å². The largest absolute Gasteiger partial charge is 0.505 e. The molecule has 0 radical (unpaired) electrons. The number of hydrogen-bond donors (Lipinski definition) is 3. The van der Waals surface area contributed by atoms with Crippen LogP contribution in [0.2, 0.25) is 0 Å². The van der Waals surface area contributed by atoms with Crippen molar-refractivity contribution in [2.24, 2.45) is 0 Å². The summed E-state index contributed by atoms with van der Waals surface area (Å²) in [7, 11) is 0. The molecule has 3 aromatic carbocycles. The van der Waals surface area contributed by atoms with Crippen LogP contribution in [-0.4, -0.2) is 92.2 Å². The van der Waals surface area contributed by atoms with Gasteiger partial charge in [0.1, 0.15) is 43.6 Å². The summed E-state index contributed by atoms with van der Waals surface area (Å²) in [5.74, 6) is -6.66. The van der Waals surface area contributed by atoms with Crippen LogP contribution in [0.15, 0.2) is 71.6 Å². The summed E-state index contributed by atoms with van der Waals surface area (Å²) in [4.78, 5) is 72.6. The van der Waals surface area contributed by atoms with Crippen LogP contribution in [0.1, 0.15) is 36.1 Å². The molecule has 2 aliphatic carbocycles. The molecule has 0 aliphatic heterocycles. The minimum atomic E-state index is -1.37. The van der Waals surface area contributed by atoms with E-state index in [1.54, 1.807) is 39.0 Å². The summed E-state index contributed by atoms with van der Waals surface area (Å²) >= 11 is 0. The van der Waals surface area contributed by atoms with E-state index in [1.165, 1.54) is 23.1 Å². The van der Waals surface area contributed by atoms with Crippen molar-refractivity contribution in [2.75, 3.05) is 49.6 Å². The highest BCUT2D eigenvalue weighted by Crippen LogP contribution is 2.53. The number of fused-ring (bicyclic) bond motifs is 2. The predicted octanol–water partition coefficient (Wildman–Crippen LogP) is 4.33. The van der Waals surface area contributed by atoms with E-state index in [-0.39, 0.29) is 89.1 Å². The van der Waals surface area contributed by atoms with E-state index < -0.39 is 67.1 Å². The number of carboxylic acids is 2. The molecule has 5 rings (SSSR count). The van der Waals surface area contributed by atoms with Crippen LogP contribution < -0.4 is 24.0 Å². The Morgan fingerprint density at radius 2 is 1.38 bits per heavy atom. The molecule has 0 bridgehead atoms. The van der Waals surface area contributed by atoms with Gasteiger partial charge in [0.25, 0.3) is 19.4 Å². The Hall–Kier alpha value is -7.24. The second-order valence-electron chi connectivity index (χ2n) is 13.3. The van der Waals surface area contributed by atoms with E-state index in [9.17, 15) is 44.1 Å². The van der Waals surface area contributed by atoms with Crippen LogP contribution in [0.4, 0.5) is 20.2 Å². The van der Waals surface area contributed by atoms with E-state index in [1.807, 2.05) is 0 Å². The molecule has 0 saturated heterocycles. The molecule has 58 heavy (non-hydrogen) atoms. The Morgan fingerprint density at radius 3 is 1.97 bits per heavy atom. The molecule has 16 nitrogen and oxygen atoms in total. The minimum Gasteiger partial charge on any atom is -0.505 e. The molecule has 3 aromatic rings. The van der Waals surface area contributed by atoms with Crippen LogP contribution in [-0.2, 0) is 43.7 Å². The normalized spacial score (nSPS) is 13.8. The Labute approximate surface area is 328 Å². The fraction of sp³-hybridized carbons (Fsp3) is 0.250. The van der Waals surface area contributed by atoms with Gasteiger partial charge in [-0.15, -0.1) is 0 Å². The average molecular weight is 807 g/mol. The first kappa shape index (κ1) is 41.9. The number of ketones is 1. The summed E-state index contributed by atoms with van der Waals surface area (Å²) in [5.41, 5.74) is 0.610. The van der Waals surface area contributed by atoms with Gasteiger partial charge in [0.2, 0.25) is 5.78 Å². The van der Waals surface area contributed by atoms with Gasteiger partial charge in [0, 0.05) is 22.6 Å². The summed E-state index contributed by atoms with van der Waals surface area (Å²) < 4.78 is 57.5. The van der Waals surface area contributed by atoms with Gasteiger partial charge in [0.05, 0.1) is 11.4 Å². The lowest BCUT2D eigenvalue weighted by Gasteiger charge is -2.39. The number of aliphatic carboxylic acids is 2. The first-order chi connectivity index (χ1) is 27.6. The van der Waals surface area contributed by atoms with Gasteiger partial charge in [-0.25, -0.2) is 8.78 Å². The maximum absolute atomic E-state index is 15.2. The van der Waals surface area contributed by atoms with Crippen LogP contribution in [0.25, 0.3) is 5.57 Å². The SMILES string of the molecule is Cc1ccc(N(COC=O)CC(=O)O)c(OCCOc2cc(C3=C4C=C(F)C(=O)C=C4C(C)(C)c4cc(O)c(F)cc43)c(OC=O)cc2N(COC=O)CC(=O)O)c1.